The van der Waals surface area contributed by atoms with E-state index in [0.717, 1.165) is 51.3 Å². The van der Waals surface area contributed by atoms with Gasteiger partial charge in [0.25, 0.3) is 5.91 Å². The van der Waals surface area contributed by atoms with Crippen molar-refractivity contribution in [2.75, 3.05) is 19.6 Å². The van der Waals surface area contributed by atoms with Crippen LogP contribution < -0.4 is 0 Å². The highest BCUT2D eigenvalue weighted by molar-refractivity contribution is 5.92. The Balaban J connectivity index is 1.29. The van der Waals surface area contributed by atoms with Crippen molar-refractivity contribution in [3.63, 3.8) is 0 Å². The van der Waals surface area contributed by atoms with Crippen LogP contribution in [0.5, 0.6) is 0 Å². The van der Waals surface area contributed by atoms with Crippen LogP contribution in [0.25, 0.3) is 0 Å². The Labute approximate surface area is 176 Å². The van der Waals surface area contributed by atoms with Crippen LogP contribution in [0.2, 0.25) is 0 Å². The van der Waals surface area contributed by atoms with E-state index in [2.05, 4.69) is 45.4 Å². The van der Waals surface area contributed by atoms with E-state index in [0.29, 0.717) is 18.2 Å². The lowest BCUT2D eigenvalue weighted by Crippen LogP contribution is -2.31. The molecule has 1 saturated heterocycles. The van der Waals surface area contributed by atoms with E-state index in [-0.39, 0.29) is 5.91 Å². The number of amides is 1. The fourth-order valence-electron chi connectivity index (χ4n) is 4.78. The van der Waals surface area contributed by atoms with Crippen molar-refractivity contribution in [2.45, 2.75) is 45.3 Å². The standard InChI is InChI=1S/C23H28N6O/c1-2-29-21(8-11-24-29)23(30)28-13-9-18(15-28)22-19-16-27(12-10-20(19)25-26-22)14-17-6-4-3-5-7-17/h3-8,11,18H,2,9-10,12-16H2,1H3,(H,25,26). The second kappa shape index (κ2) is 8.07. The zero-order valence-electron chi connectivity index (χ0n) is 17.4. The third-order valence-electron chi connectivity index (χ3n) is 6.39. The van der Waals surface area contributed by atoms with Crippen LogP contribution in [-0.4, -0.2) is 55.3 Å². The Kier molecular flexibility index (Phi) is 5.12. The Bertz CT molecular complexity index is 1020. The Morgan fingerprint density at radius 2 is 2.07 bits per heavy atom. The van der Waals surface area contributed by atoms with E-state index < -0.39 is 0 Å². The molecule has 0 spiro atoms. The molecule has 1 unspecified atom stereocenters. The minimum atomic E-state index is 0.0759. The molecule has 1 fully saturated rings. The molecule has 0 aliphatic carbocycles. The lowest BCUT2D eigenvalue weighted by molar-refractivity contribution is 0.0778. The molecule has 0 bridgehead atoms. The molecular weight excluding hydrogens is 376 g/mol. The number of hydrogen-bond donors (Lipinski definition) is 1. The molecule has 1 amide bonds. The molecule has 2 aliphatic heterocycles. The number of nitrogens with one attached hydrogen (secondary N) is 1. The summed E-state index contributed by atoms with van der Waals surface area (Å²) in [6, 6.07) is 12.5. The molecule has 156 valence electrons. The lowest BCUT2D eigenvalue weighted by Gasteiger charge is -2.27. The van der Waals surface area contributed by atoms with E-state index in [9.17, 15) is 4.79 Å². The quantitative estimate of drug-likeness (QED) is 0.710. The summed E-state index contributed by atoms with van der Waals surface area (Å²) < 4.78 is 1.77. The number of hydrogen-bond acceptors (Lipinski definition) is 4. The Morgan fingerprint density at radius 1 is 1.20 bits per heavy atom. The maximum atomic E-state index is 13.0. The maximum absolute atomic E-state index is 13.0. The number of carbonyl (C=O) groups excluding carboxylic acids is 1. The number of benzene rings is 1. The van der Waals surface area contributed by atoms with E-state index >= 15 is 0 Å². The molecule has 0 saturated carbocycles. The zero-order valence-corrected chi connectivity index (χ0v) is 17.4. The van der Waals surface area contributed by atoms with E-state index in [1.807, 2.05) is 17.9 Å². The second-order valence-electron chi connectivity index (χ2n) is 8.28. The minimum absolute atomic E-state index is 0.0759. The second-order valence-corrected chi connectivity index (χ2v) is 8.28. The largest absolute Gasteiger partial charge is 0.337 e. The number of aromatic nitrogens is 4. The van der Waals surface area contributed by atoms with Gasteiger partial charge in [-0.05, 0) is 25.0 Å². The first-order valence-corrected chi connectivity index (χ1v) is 10.9. The number of fused-ring (bicyclic) bond motifs is 1. The van der Waals surface area contributed by atoms with Crippen LogP contribution >= 0.6 is 0 Å². The molecule has 2 aliphatic rings. The summed E-state index contributed by atoms with van der Waals surface area (Å²) in [7, 11) is 0. The fraction of sp³-hybridized carbons (Fsp3) is 0.435. The van der Waals surface area contributed by atoms with Gasteiger partial charge in [0, 0.05) is 69.1 Å². The zero-order chi connectivity index (χ0) is 20.5. The summed E-state index contributed by atoms with van der Waals surface area (Å²) >= 11 is 0. The number of rotatable bonds is 5. The SMILES string of the molecule is CCn1nccc1C(=O)N1CCC(c2n[nH]c3c2CN(Cc2ccccc2)CC3)C1. The summed E-state index contributed by atoms with van der Waals surface area (Å²) in [5.74, 6) is 0.371. The van der Waals surface area contributed by atoms with Crippen LogP contribution in [0, 0.1) is 0 Å². The highest BCUT2D eigenvalue weighted by Crippen LogP contribution is 2.33. The van der Waals surface area contributed by atoms with Gasteiger partial charge in [-0.1, -0.05) is 30.3 Å². The molecule has 0 radical (unpaired) electrons. The van der Waals surface area contributed by atoms with Crippen molar-refractivity contribution < 1.29 is 4.79 Å². The molecule has 1 N–H and O–H groups in total. The molecule has 7 nitrogen and oxygen atoms in total. The predicted molar refractivity (Wildman–Crippen MR) is 114 cm³/mol. The lowest BCUT2D eigenvalue weighted by atomic mass is 9.96. The monoisotopic (exact) mass is 404 g/mol. The molecule has 3 aromatic rings. The summed E-state index contributed by atoms with van der Waals surface area (Å²) in [6.07, 6.45) is 3.66. The van der Waals surface area contributed by atoms with Gasteiger partial charge in [-0.25, -0.2) is 0 Å². The third kappa shape index (κ3) is 3.54. The number of nitrogens with zero attached hydrogens (tertiary/aromatic N) is 5. The average molecular weight is 405 g/mol. The van der Waals surface area contributed by atoms with E-state index in [1.165, 1.54) is 16.8 Å². The van der Waals surface area contributed by atoms with Gasteiger partial charge in [-0.3, -0.25) is 19.5 Å². The molecule has 5 rings (SSSR count). The number of aromatic amines is 1. The molecule has 4 heterocycles. The van der Waals surface area contributed by atoms with Crippen molar-refractivity contribution >= 4 is 5.91 Å². The summed E-state index contributed by atoms with van der Waals surface area (Å²) in [5.41, 5.74) is 5.78. The smallest absolute Gasteiger partial charge is 0.272 e. The van der Waals surface area contributed by atoms with Gasteiger partial charge in [0.15, 0.2) is 0 Å². The Hall–Kier alpha value is -2.93. The van der Waals surface area contributed by atoms with Crippen LogP contribution in [0.1, 0.15) is 52.3 Å². The van der Waals surface area contributed by atoms with Crippen LogP contribution in [0.3, 0.4) is 0 Å². The highest BCUT2D eigenvalue weighted by atomic mass is 16.2. The van der Waals surface area contributed by atoms with Gasteiger partial charge in [0.2, 0.25) is 0 Å². The molecular formula is C23H28N6O. The highest BCUT2D eigenvalue weighted by Gasteiger charge is 2.34. The molecule has 1 atom stereocenters. The maximum Gasteiger partial charge on any atom is 0.272 e. The number of aryl methyl sites for hydroxylation is 1. The number of carbonyl (C=O) groups is 1. The van der Waals surface area contributed by atoms with Crippen molar-refractivity contribution in [3.8, 4) is 0 Å². The van der Waals surface area contributed by atoms with Crippen LogP contribution in [0.15, 0.2) is 42.6 Å². The summed E-state index contributed by atoms with van der Waals surface area (Å²) in [4.78, 5) is 17.4. The predicted octanol–water partition coefficient (Wildman–Crippen LogP) is 2.81. The van der Waals surface area contributed by atoms with Gasteiger partial charge >= 0.3 is 0 Å². The number of H-pyrrole nitrogens is 1. The van der Waals surface area contributed by atoms with Gasteiger partial charge in [-0.2, -0.15) is 10.2 Å². The van der Waals surface area contributed by atoms with Gasteiger partial charge in [-0.15, -0.1) is 0 Å². The molecule has 1 aromatic carbocycles. The Morgan fingerprint density at radius 3 is 2.90 bits per heavy atom. The number of likely N-dealkylation sites (tertiary alicyclic amines) is 1. The van der Waals surface area contributed by atoms with E-state index in [4.69, 9.17) is 5.10 Å². The molecule has 7 heteroatoms. The normalized spacial score (nSPS) is 19.2. The van der Waals surface area contributed by atoms with Gasteiger partial charge in [0.05, 0.1) is 5.69 Å². The first kappa shape index (κ1) is 19.1. The third-order valence-corrected chi connectivity index (χ3v) is 6.39. The van der Waals surface area contributed by atoms with Crippen molar-refractivity contribution in [2.24, 2.45) is 0 Å². The molecule has 2 aromatic heterocycles. The molecule has 30 heavy (non-hydrogen) atoms. The van der Waals surface area contributed by atoms with Crippen molar-refractivity contribution in [3.05, 3.63) is 70.8 Å². The topological polar surface area (TPSA) is 70.0 Å². The van der Waals surface area contributed by atoms with Gasteiger partial charge < -0.3 is 4.90 Å². The van der Waals surface area contributed by atoms with Gasteiger partial charge in [0.1, 0.15) is 5.69 Å². The van der Waals surface area contributed by atoms with Crippen LogP contribution in [0.4, 0.5) is 0 Å². The summed E-state index contributed by atoms with van der Waals surface area (Å²) in [5, 5.41) is 12.2. The summed E-state index contributed by atoms with van der Waals surface area (Å²) in [6.45, 7) is 7.13. The van der Waals surface area contributed by atoms with E-state index in [1.54, 1.807) is 10.9 Å². The fourth-order valence-corrected chi connectivity index (χ4v) is 4.78. The van der Waals surface area contributed by atoms with Crippen molar-refractivity contribution in [1.29, 1.82) is 0 Å². The minimum Gasteiger partial charge on any atom is -0.337 e. The van der Waals surface area contributed by atoms with Crippen molar-refractivity contribution in [1.82, 2.24) is 29.8 Å². The first-order chi connectivity index (χ1) is 14.7. The average Bonchev–Trinajstić information content (AvgIpc) is 3.52. The first-order valence-electron chi connectivity index (χ1n) is 10.9. The van der Waals surface area contributed by atoms with Crippen LogP contribution in [-0.2, 0) is 26.1 Å².